The van der Waals surface area contributed by atoms with Crippen LogP contribution in [0.25, 0.3) is 22.6 Å². The molecule has 2 amide bonds. The predicted octanol–water partition coefficient (Wildman–Crippen LogP) is 6.23. The van der Waals surface area contributed by atoms with Gasteiger partial charge in [0.05, 0.1) is 24.1 Å². The molecule has 2 heterocycles. The number of oxazole rings is 1. The van der Waals surface area contributed by atoms with Crippen LogP contribution in [0.4, 0.5) is 5.69 Å². The van der Waals surface area contributed by atoms with Crippen LogP contribution in [0.1, 0.15) is 38.2 Å². The highest BCUT2D eigenvalue weighted by molar-refractivity contribution is 6.25. The van der Waals surface area contributed by atoms with Crippen LogP contribution in [0, 0.1) is 17.8 Å². The zero-order valence-corrected chi connectivity index (χ0v) is 25.7. The Hall–Kier alpha value is -5.57. The molecule has 0 saturated carbocycles. The van der Waals surface area contributed by atoms with Crippen molar-refractivity contribution in [2.75, 3.05) is 11.5 Å². The molecule has 1 aliphatic heterocycles. The van der Waals surface area contributed by atoms with Gasteiger partial charge in [-0.15, -0.1) is 0 Å². The van der Waals surface area contributed by atoms with E-state index in [1.54, 1.807) is 43.3 Å². The fraction of sp³-hybridized carbons (Fsp3) is 0.237. The summed E-state index contributed by atoms with van der Waals surface area (Å²) in [7, 11) is 0. The highest BCUT2D eigenvalue weighted by Gasteiger charge is 2.56. The summed E-state index contributed by atoms with van der Waals surface area (Å²) in [6, 6.07) is 19.4. The number of aromatic hydroxyl groups is 1. The summed E-state index contributed by atoms with van der Waals surface area (Å²) < 4.78 is 11.6. The van der Waals surface area contributed by atoms with Crippen molar-refractivity contribution in [1.82, 2.24) is 4.98 Å². The summed E-state index contributed by atoms with van der Waals surface area (Å²) in [5.41, 5.74) is 5.20. The number of imide groups is 1. The molecule has 47 heavy (non-hydrogen) atoms. The predicted molar refractivity (Wildman–Crippen MR) is 173 cm³/mol. The van der Waals surface area contributed by atoms with Crippen LogP contribution < -0.4 is 9.64 Å². The van der Waals surface area contributed by atoms with E-state index in [0.717, 1.165) is 11.1 Å². The molecule has 9 heteroatoms. The highest BCUT2D eigenvalue weighted by Crippen LogP contribution is 2.56. The second-order valence-electron chi connectivity index (χ2n) is 12.4. The van der Waals surface area contributed by atoms with Crippen LogP contribution in [0.3, 0.4) is 0 Å². The average Bonchev–Trinajstić information content (AvgIpc) is 3.62. The maximum absolute atomic E-state index is 14.3. The molecule has 1 saturated heterocycles. The number of carbonyl (C=O) groups is 4. The minimum absolute atomic E-state index is 0.0358. The topological polar surface area (TPSA) is 127 Å². The number of anilines is 1. The minimum atomic E-state index is -0.700. The van der Waals surface area contributed by atoms with Gasteiger partial charge >= 0.3 is 0 Å². The summed E-state index contributed by atoms with van der Waals surface area (Å²) in [5.74, 6) is -2.80. The molecule has 1 N–H and O–H groups in total. The Labute approximate surface area is 269 Å². The molecule has 4 atom stereocenters. The third-order valence-corrected chi connectivity index (χ3v) is 9.85. The lowest BCUT2D eigenvalue weighted by molar-refractivity contribution is -0.123. The van der Waals surface area contributed by atoms with E-state index in [0.29, 0.717) is 58.0 Å². The van der Waals surface area contributed by atoms with E-state index in [1.807, 2.05) is 37.3 Å². The van der Waals surface area contributed by atoms with Gasteiger partial charge in [-0.2, -0.15) is 0 Å². The number of phenolic OH excluding ortho intramolecular Hbond substituents is 1. The Morgan fingerprint density at radius 2 is 1.77 bits per heavy atom. The first-order valence-electron chi connectivity index (χ1n) is 15.7. The van der Waals surface area contributed by atoms with Crippen LogP contribution in [-0.2, 0) is 19.2 Å². The third kappa shape index (κ3) is 4.40. The van der Waals surface area contributed by atoms with Gasteiger partial charge in [-0.25, -0.2) is 4.98 Å². The van der Waals surface area contributed by atoms with Crippen molar-refractivity contribution in [2.24, 2.45) is 17.8 Å². The van der Waals surface area contributed by atoms with Crippen molar-refractivity contribution in [2.45, 2.75) is 32.6 Å². The smallest absolute Gasteiger partial charge is 0.238 e. The second-order valence-corrected chi connectivity index (χ2v) is 12.4. The molecule has 3 aliphatic carbocycles. The SMILES string of the molecule is CCOc1cc([C@H]2C3=CC[C@@H]4C(=O)N(c5ccc(-c6nc7ccccc7o6)cc5)C(=O)[C@@H]4[C@@H]3CC3=C2C(=O)C(C)=CC3=O)ccc1O. The number of para-hydroxylation sites is 2. The van der Waals surface area contributed by atoms with Crippen molar-refractivity contribution in [3.8, 4) is 23.0 Å². The zero-order chi connectivity index (χ0) is 32.6. The second kappa shape index (κ2) is 10.8. The Balaban J connectivity index is 1.16. The molecule has 234 valence electrons. The van der Waals surface area contributed by atoms with Gasteiger partial charge < -0.3 is 14.3 Å². The first-order valence-corrected chi connectivity index (χ1v) is 15.7. The molecular weight excluding hydrogens is 596 g/mol. The molecule has 1 fully saturated rings. The van der Waals surface area contributed by atoms with E-state index >= 15 is 0 Å². The fourth-order valence-corrected chi connectivity index (χ4v) is 7.73. The van der Waals surface area contributed by atoms with E-state index in [4.69, 9.17) is 9.15 Å². The van der Waals surface area contributed by atoms with Crippen molar-refractivity contribution in [3.63, 3.8) is 0 Å². The molecule has 0 radical (unpaired) electrons. The molecule has 0 unspecified atom stereocenters. The summed E-state index contributed by atoms with van der Waals surface area (Å²) in [6.45, 7) is 3.77. The number of phenols is 1. The summed E-state index contributed by atoms with van der Waals surface area (Å²) in [6.07, 6.45) is 3.85. The number of carbonyl (C=O) groups excluding carboxylic acids is 4. The number of Topliss-reactive ketones (excluding diaryl/α,β-unsaturated/α-hetero) is 1. The van der Waals surface area contributed by atoms with Gasteiger partial charge in [0.1, 0.15) is 5.52 Å². The van der Waals surface area contributed by atoms with Gasteiger partial charge in [0.15, 0.2) is 28.6 Å². The number of allylic oxidation sites excluding steroid dienone is 6. The van der Waals surface area contributed by atoms with Gasteiger partial charge in [-0.1, -0.05) is 29.8 Å². The van der Waals surface area contributed by atoms with E-state index in [1.165, 1.54) is 17.0 Å². The quantitative estimate of drug-likeness (QED) is 0.157. The number of benzene rings is 3. The monoisotopic (exact) mass is 626 g/mol. The normalized spacial score (nSPS) is 23.8. The van der Waals surface area contributed by atoms with Crippen molar-refractivity contribution < 1.29 is 33.4 Å². The zero-order valence-electron chi connectivity index (χ0n) is 25.7. The molecular formula is C38H30N2O7. The van der Waals surface area contributed by atoms with Crippen molar-refractivity contribution in [3.05, 3.63) is 107 Å². The number of hydrogen-bond acceptors (Lipinski definition) is 8. The highest BCUT2D eigenvalue weighted by atomic mass is 16.5. The number of hydrogen-bond donors (Lipinski definition) is 1. The van der Waals surface area contributed by atoms with E-state index < -0.39 is 23.7 Å². The Morgan fingerprint density at radius 1 is 0.979 bits per heavy atom. The third-order valence-electron chi connectivity index (χ3n) is 9.85. The van der Waals surface area contributed by atoms with Crippen LogP contribution in [0.2, 0.25) is 0 Å². The Kier molecular flexibility index (Phi) is 6.61. The molecule has 8 rings (SSSR count). The van der Waals surface area contributed by atoms with Gasteiger partial charge in [-0.05, 0) is 92.8 Å². The summed E-state index contributed by atoms with van der Waals surface area (Å²) in [4.78, 5) is 61.1. The number of fused-ring (bicyclic) bond motifs is 4. The van der Waals surface area contributed by atoms with Crippen LogP contribution in [0.15, 0.2) is 106 Å². The molecule has 9 nitrogen and oxygen atoms in total. The number of rotatable bonds is 5. The van der Waals surface area contributed by atoms with Gasteiger partial charge in [0.25, 0.3) is 0 Å². The lowest BCUT2D eigenvalue weighted by Gasteiger charge is -2.42. The summed E-state index contributed by atoms with van der Waals surface area (Å²) >= 11 is 0. The maximum Gasteiger partial charge on any atom is 0.238 e. The number of ether oxygens (including phenoxy) is 1. The van der Waals surface area contributed by atoms with Gasteiger partial charge in [-0.3, -0.25) is 24.1 Å². The van der Waals surface area contributed by atoms with E-state index in [9.17, 15) is 24.3 Å². The number of aromatic nitrogens is 1. The van der Waals surface area contributed by atoms with Gasteiger partial charge in [0, 0.05) is 28.2 Å². The molecule has 1 aromatic heterocycles. The Morgan fingerprint density at radius 3 is 2.53 bits per heavy atom. The maximum atomic E-state index is 14.3. The minimum Gasteiger partial charge on any atom is -0.504 e. The molecule has 4 aliphatic rings. The molecule has 0 bridgehead atoms. The largest absolute Gasteiger partial charge is 0.504 e. The first-order chi connectivity index (χ1) is 22.7. The number of ketones is 2. The average molecular weight is 627 g/mol. The van der Waals surface area contributed by atoms with Crippen LogP contribution in [-0.4, -0.2) is 40.1 Å². The first kappa shape index (κ1) is 28.9. The van der Waals surface area contributed by atoms with Crippen LogP contribution >= 0.6 is 0 Å². The number of nitrogens with zero attached hydrogens (tertiary/aromatic N) is 2. The van der Waals surface area contributed by atoms with E-state index in [2.05, 4.69) is 4.98 Å². The Bertz CT molecular complexity index is 2100. The molecule has 3 aromatic carbocycles. The molecule has 0 spiro atoms. The van der Waals surface area contributed by atoms with Gasteiger partial charge in [0.2, 0.25) is 17.7 Å². The summed E-state index contributed by atoms with van der Waals surface area (Å²) in [5, 5.41) is 10.4. The van der Waals surface area contributed by atoms with Crippen LogP contribution in [0.5, 0.6) is 11.5 Å². The lowest BCUT2D eigenvalue weighted by atomic mass is 9.59. The standard InChI is InChI=1S/C38H30N2O7/c1-3-46-31-17-21(10-15-28(31)41)32-23-13-14-24-33(25(23)18-26-29(42)16-19(2)35(43)34(26)32)38(45)40(37(24)44)22-11-8-20(9-12-22)36-39-27-6-4-5-7-30(27)47-36/h4-13,15-17,24-25,32-33,41H,3,14,18H2,1-2H3/t24-,25+,32-,33-/m0/s1. The van der Waals surface area contributed by atoms with E-state index in [-0.39, 0.29) is 41.3 Å². The fourth-order valence-electron chi connectivity index (χ4n) is 7.73. The molecule has 4 aromatic rings. The lowest BCUT2D eigenvalue weighted by Crippen LogP contribution is -2.39. The van der Waals surface area contributed by atoms with Crippen molar-refractivity contribution in [1.29, 1.82) is 0 Å². The van der Waals surface area contributed by atoms with Crippen molar-refractivity contribution >= 4 is 40.2 Å². The number of amides is 2.